The van der Waals surface area contributed by atoms with E-state index in [-0.39, 0.29) is 5.56 Å². The van der Waals surface area contributed by atoms with Gasteiger partial charge in [0.1, 0.15) is 0 Å². The Morgan fingerprint density at radius 2 is 1.95 bits per heavy atom. The molecule has 0 aliphatic carbocycles. The quantitative estimate of drug-likeness (QED) is 0.858. The topological polar surface area (TPSA) is 57.8 Å². The third kappa shape index (κ3) is 4.02. The Hall–Kier alpha value is -1.94. The first-order chi connectivity index (χ1) is 10.1. The smallest absolute Gasteiger partial charge is 0.268 e. The lowest BCUT2D eigenvalue weighted by molar-refractivity contribution is 0.531. The molecule has 0 fully saturated rings. The average molecular weight is 285 g/mol. The fourth-order valence-electron chi connectivity index (χ4n) is 2.06. The fraction of sp³-hybridized carbons (Fsp3) is 0.412. The molecule has 1 heterocycles. The van der Waals surface area contributed by atoms with Crippen LogP contribution in [0.1, 0.15) is 38.3 Å². The molecule has 2 aromatic rings. The molecule has 112 valence electrons. The molecule has 4 heteroatoms. The van der Waals surface area contributed by atoms with Gasteiger partial charge in [0.15, 0.2) is 0 Å². The first-order valence-electron chi connectivity index (χ1n) is 7.55. The lowest BCUT2D eigenvalue weighted by atomic mass is 10.1. The van der Waals surface area contributed by atoms with E-state index >= 15 is 0 Å². The van der Waals surface area contributed by atoms with Crippen LogP contribution in [0.2, 0.25) is 0 Å². The zero-order valence-corrected chi connectivity index (χ0v) is 12.9. The van der Waals surface area contributed by atoms with Gasteiger partial charge in [-0.05, 0) is 31.4 Å². The monoisotopic (exact) mass is 285 g/mol. The van der Waals surface area contributed by atoms with Crippen LogP contribution in [-0.2, 0) is 13.0 Å². The van der Waals surface area contributed by atoms with Crippen molar-refractivity contribution in [1.82, 2.24) is 15.5 Å². The Bertz CT molecular complexity index is 631. The molecule has 0 bridgehead atoms. The molecule has 0 radical (unpaired) electrons. The van der Waals surface area contributed by atoms with Crippen molar-refractivity contribution in [3.05, 3.63) is 51.8 Å². The van der Waals surface area contributed by atoms with Crippen LogP contribution in [0.4, 0.5) is 0 Å². The van der Waals surface area contributed by atoms with E-state index in [1.807, 2.05) is 18.2 Å². The number of rotatable bonds is 6. The molecule has 1 unspecified atom stereocenters. The zero-order chi connectivity index (χ0) is 15.2. The predicted molar refractivity (Wildman–Crippen MR) is 86.3 cm³/mol. The van der Waals surface area contributed by atoms with Gasteiger partial charge >= 0.3 is 0 Å². The number of aromatic nitrogens is 2. The Kier molecular flexibility index (Phi) is 5.28. The first-order valence-corrected chi connectivity index (χ1v) is 7.55. The van der Waals surface area contributed by atoms with E-state index in [1.54, 1.807) is 0 Å². The highest BCUT2D eigenvalue weighted by atomic mass is 16.1. The molecule has 0 amide bonds. The lowest BCUT2D eigenvalue weighted by Crippen LogP contribution is -2.28. The first kappa shape index (κ1) is 15.4. The second kappa shape index (κ2) is 7.18. The molecule has 21 heavy (non-hydrogen) atoms. The van der Waals surface area contributed by atoms with Crippen LogP contribution in [-0.4, -0.2) is 16.2 Å². The zero-order valence-electron chi connectivity index (χ0n) is 12.9. The predicted octanol–water partition coefficient (Wildman–Crippen LogP) is 2.89. The highest BCUT2D eigenvalue weighted by molar-refractivity contribution is 5.59. The molecule has 1 aromatic heterocycles. The molecule has 4 nitrogen and oxygen atoms in total. The van der Waals surface area contributed by atoms with Gasteiger partial charge in [-0.3, -0.25) is 4.79 Å². The summed E-state index contributed by atoms with van der Waals surface area (Å²) in [4.78, 5) is 11.8. The number of hydrogen-bond donors (Lipinski definition) is 2. The summed E-state index contributed by atoms with van der Waals surface area (Å²) in [7, 11) is 0. The molecular weight excluding hydrogens is 262 g/mol. The van der Waals surface area contributed by atoms with Gasteiger partial charge < -0.3 is 5.32 Å². The molecule has 0 saturated carbocycles. The van der Waals surface area contributed by atoms with E-state index in [0.29, 0.717) is 12.6 Å². The second-order valence-corrected chi connectivity index (χ2v) is 5.35. The second-order valence-electron chi connectivity index (χ2n) is 5.35. The SMILES string of the molecule is CCc1ccc(-c2cc(CNC(C)CC)c(=O)[nH]n2)cc1. The summed E-state index contributed by atoms with van der Waals surface area (Å²) < 4.78 is 0. The molecule has 0 saturated heterocycles. The number of H-pyrrole nitrogens is 1. The van der Waals surface area contributed by atoms with E-state index in [2.05, 4.69) is 48.4 Å². The van der Waals surface area contributed by atoms with Crippen LogP contribution < -0.4 is 10.9 Å². The van der Waals surface area contributed by atoms with E-state index in [9.17, 15) is 4.79 Å². The normalized spacial score (nSPS) is 12.3. The molecule has 2 rings (SSSR count). The van der Waals surface area contributed by atoms with Crippen molar-refractivity contribution in [3.63, 3.8) is 0 Å². The molecular formula is C17H23N3O. The summed E-state index contributed by atoms with van der Waals surface area (Å²) in [5.74, 6) is 0. The van der Waals surface area contributed by atoms with Gasteiger partial charge in [0.05, 0.1) is 5.69 Å². The third-order valence-corrected chi connectivity index (χ3v) is 3.79. The maximum absolute atomic E-state index is 11.8. The van der Waals surface area contributed by atoms with Crippen LogP contribution in [0.15, 0.2) is 35.1 Å². The summed E-state index contributed by atoms with van der Waals surface area (Å²) in [6.45, 7) is 6.92. The van der Waals surface area contributed by atoms with Crippen molar-refractivity contribution < 1.29 is 0 Å². The van der Waals surface area contributed by atoms with Crippen molar-refractivity contribution in [3.8, 4) is 11.3 Å². The largest absolute Gasteiger partial charge is 0.310 e. The highest BCUT2D eigenvalue weighted by Crippen LogP contribution is 2.17. The van der Waals surface area contributed by atoms with Gasteiger partial charge in [-0.2, -0.15) is 5.10 Å². The molecule has 2 N–H and O–H groups in total. The minimum absolute atomic E-state index is 0.125. The van der Waals surface area contributed by atoms with E-state index in [1.165, 1.54) is 5.56 Å². The third-order valence-electron chi connectivity index (χ3n) is 3.79. The number of nitrogens with one attached hydrogen (secondary N) is 2. The van der Waals surface area contributed by atoms with Gasteiger partial charge in [-0.15, -0.1) is 0 Å². The summed E-state index contributed by atoms with van der Waals surface area (Å²) in [6, 6.07) is 10.6. The van der Waals surface area contributed by atoms with Crippen molar-refractivity contribution in [2.45, 2.75) is 46.2 Å². The van der Waals surface area contributed by atoms with Crippen molar-refractivity contribution >= 4 is 0 Å². The Labute approximate surface area is 125 Å². The molecule has 0 aliphatic heterocycles. The van der Waals surface area contributed by atoms with Gasteiger partial charge in [-0.1, -0.05) is 38.1 Å². The minimum atomic E-state index is -0.125. The summed E-state index contributed by atoms with van der Waals surface area (Å²) in [5, 5.41) is 10.1. The summed E-state index contributed by atoms with van der Waals surface area (Å²) in [5.41, 5.74) is 3.72. The average Bonchev–Trinajstić information content (AvgIpc) is 2.54. The summed E-state index contributed by atoms with van der Waals surface area (Å²) in [6.07, 6.45) is 2.05. The van der Waals surface area contributed by atoms with Crippen LogP contribution in [0.3, 0.4) is 0 Å². The van der Waals surface area contributed by atoms with Crippen molar-refractivity contribution in [2.75, 3.05) is 0 Å². The van der Waals surface area contributed by atoms with Crippen LogP contribution in [0, 0.1) is 0 Å². The maximum Gasteiger partial charge on any atom is 0.268 e. The van der Waals surface area contributed by atoms with E-state index < -0.39 is 0 Å². The number of aromatic amines is 1. The van der Waals surface area contributed by atoms with Crippen LogP contribution in [0.25, 0.3) is 11.3 Å². The Morgan fingerprint density at radius 3 is 2.57 bits per heavy atom. The lowest BCUT2D eigenvalue weighted by Gasteiger charge is -2.11. The number of benzene rings is 1. The van der Waals surface area contributed by atoms with Gasteiger partial charge in [0, 0.05) is 23.7 Å². The molecule has 0 spiro atoms. The summed E-state index contributed by atoms with van der Waals surface area (Å²) >= 11 is 0. The minimum Gasteiger partial charge on any atom is -0.310 e. The van der Waals surface area contributed by atoms with Crippen LogP contribution >= 0.6 is 0 Å². The Morgan fingerprint density at radius 1 is 1.24 bits per heavy atom. The highest BCUT2D eigenvalue weighted by Gasteiger charge is 2.07. The number of hydrogen-bond acceptors (Lipinski definition) is 3. The fourth-order valence-corrected chi connectivity index (χ4v) is 2.06. The maximum atomic E-state index is 11.8. The standard InChI is InChI=1S/C17H23N3O/c1-4-12(3)18-11-15-10-16(19-20-17(15)21)14-8-6-13(5-2)7-9-14/h6-10,12,18H,4-5,11H2,1-3H3,(H,20,21). The van der Waals surface area contributed by atoms with Gasteiger partial charge in [0.25, 0.3) is 5.56 Å². The van der Waals surface area contributed by atoms with Crippen LogP contribution in [0.5, 0.6) is 0 Å². The van der Waals surface area contributed by atoms with Crippen molar-refractivity contribution in [1.29, 1.82) is 0 Å². The number of nitrogens with zero attached hydrogens (tertiary/aromatic N) is 1. The van der Waals surface area contributed by atoms with Crippen molar-refractivity contribution in [2.24, 2.45) is 0 Å². The molecule has 0 aliphatic rings. The molecule has 1 atom stereocenters. The van der Waals surface area contributed by atoms with E-state index in [0.717, 1.165) is 29.7 Å². The van der Waals surface area contributed by atoms with Gasteiger partial charge in [-0.25, -0.2) is 5.10 Å². The van der Waals surface area contributed by atoms with Gasteiger partial charge in [0.2, 0.25) is 0 Å². The molecule has 1 aromatic carbocycles. The number of aryl methyl sites for hydroxylation is 1. The van der Waals surface area contributed by atoms with E-state index in [4.69, 9.17) is 0 Å². The Balaban J connectivity index is 2.22.